The molecule has 20 heavy (non-hydrogen) atoms. The van der Waals surface area contributed by atoms with Crippen molar-refractivity contribution in [2.75, 3.05) is 26.8 Å². The van der Waals surface area contributed by atoms with Crippen LogP contribution in [-0.4, -0.2) is 43.6 Å². The van der Waals surface area contributed by atoms with E-state index < -0.39 is 0 Å². The van der Waals surface area contributed by atoms with Crippen LogP contribution in [0.2, 0.25) is 5.02 Å². The fraction of sp³-hybridized carbons (Fsp3) is 0.429. The van der Waals surface area contributed by atoms with Crippen molar-refractivity contribution in [2.24, 2.45) is 0 Å². The van der Waals surface area contributed by atoms with E-state index in [1.807, 2.05) is 6.92 Å². The predicted molar refractivity (Wildman–Crippen MR) is 75.8 cm³/mol. The van der Waals surface area contributed by atoms with Gasteiger partial charge in [0.2, 0.25) is 0 Å². The summed E-state index contributed by atoms with van der Waals surface area (Å²) in [6.45, 7) is 2.54. The van der Waals surface area contributed by atoms with Crippen molar-refractivity contribution in [1.29, 1.82) is 0 Å². The van der Waals surface area contributed by atoms with E-state index in [4.69, 9.17) is 16.3 Å². The normalized spacial score (nSPS) is 9.95. The second-order valence-corrected chi connectivity index (χ2v) is 4.43. The molecule has 0 atom stereocenters. The minimum Gasteiger partial charge on any atom is -0.482 e. The maximum atomic E-state index is 12.0. The molecule has 1 amide bonds. The van der Waals surface area contributed by atoms with Crippen LogP contribution in [-0.2, 0) is 14.3 Å². The smallest absolute Gasteiger partial charge is 0.307 e. The van der Waals surface area contributed by atoms with Crippen LogP contribution in [0.3, 0.4) is 0 Å². The summed E-state index contributed by atoms with van der Waals surface area (Å²) in [4.78, 5) is 24.6. The third kappa shape index (κ3) is 5.09. The van der Waals surface area contributed by atoms with Crippen molar-refractivity contribution in [3.8, 4) is 5.75 Å². The summed E-state index contributed by atoms with van der Waals surface area (Å²) < 4.78 is 9.92. The van der Waals surface area contributed by atoms with Gasteiger partial charge in [-0.05, 0) is 19.1 Å². The number of nitrogens with zero attached hydrogens (tertiary/aromatic N) is 1. The van der Waals surface area contributed by atoms with Crippen LogP contribution in [0.25, 0.3) is 0 Å². The Hall–Kier alpha value is -1.75. The molecule has 5 nitrogen and oxygen atoms in total. The molecule has 0 unspecified atom stereocenters. The van der Waals surface area contributed by atoms with Crippen molar-refractivity contribution >= 4 is 23.5 Å². The molecule has 0 aliphatic heterocycles. The van der Waals surface area contributed by atoms with E-state index in [1.165, 1.54) is 12.0 Å². The Morgan fingerprint density at radius 1 is 1.30 bits per heavy atom. The van der Waals surface area contributed by atoms with Gasteiger partial charge < -0.3 is 14.4 Å². The van der Waals surface area contributed by atoms with E-state index >= 15 is 0 Å². The highest BCUT2D eigenvalue weighted by Gasteiger charge is 2.14. The lowest BCUT2D eigenvalue weighted by Gasteiger charge is -2.20. The fourth-order valence-electron chi connectivity index (χ4n) is 1.58. The Morgan fingerprint density at radius 2 is 2.00 bits per heavy atom. The van der Waals surface area contributed by atoms with Crippen LogP contribution in [0.15, 0.2) is 24.3 Å². The molecule has 0 bridgehead atoms. The summed E-state index contributed by atoms with van der Waals surface area (Å²) in [5, 5.41) is 0.456. The maximum Gasteiger partial charge on any atom is 0.307 e. The Kier molecular flexibility index (Phi) is 6.87. The molecule has 6 heteroatoms. The number of rotatable bonds is 7. The Morgan fingerprint density at radius 3 is 2.60 bits per heavy atom. The lowest BCUT2D eigenvalue weighted by molar-refractivity contribution is -0.142. The standard InChI is InChI=1S/C14H18ClNO4/c1-3-16(9-8-14(18)19-2)13(17)10-20-12-7-5-4-6-11(12)15/h4-7H,3,8-10H2,1-2H3. The Bertz CT molecular complexity index is 464. The molecule has 0 N–H and O–H groups in total. The Balaban J connectivity index is 2.47. The molecule has 0 saturated carbocycles. The molecule has 0 saturated heterocycles. The van der Waals surface area contributed by atoms with Gasteiger partial charge in [-0.1, -0.05) is 23.7 Å². The predicted octanol–water partition coefficient (Wildman–Crippen LogP) is 2.13. The number of hydrogen-bond acceptors (Lipinski definition) is 4. The first kappa shape index (κ1) is 16.3. The average Bonchev–Trinajstić information content (AvgIpc) is 2.46. The molecule has 1 aromatic rings. The molecule has 0 spiro atoms. The number of para-hydroxylation sites is 1. The number of hydrogen-bond donors (Lipinski definition) is 0. The first-order valence-corrected chi connectivity index (χ1v) is 6.68. The summed E-state index contributed by atoms with van der Waals surface area (Å²) in [6.07, 6.45) is 0.169. The number of carbonyl (C=O) groups excluding carboxylic acids is 2. The topological polar surface area (TPSA) is 55.8 Å². The Labute approximate surface area is 123 Å². The zero-order valence-electron chi connectivity index (χ0n) is 11.6. The lowest BCUT2D eigenvalue weighted by Crippen LogP contribution is -2.36. The lowest BCUT2D eigenvalue weighted by atomic mass is 10.3. The van der Waals surface area contributed by atoms with Crippen molar-refractivity contribution in [2.45, 2.75) is 13.3 Å². The highest BCUT2D eigenvalue weighted by molar-refractivity contribution is 6.32. The van der Waals surface area contributed by atoms with Crippen molar-refractivity contribution in [1.82, 2.24) is 4.90 Å². The van der Waals surface area contributed by atoms with E-state index in [0.29, 0.717) is 23.9 Å². The molecule has 1 rings (SSSR count). The number of ether oxygens (including phenoxy) is 2. The zero-order valence-corrected chi connectivity index (χ0v) is 12.4. The molecule has 0 aromatic heterocycles. The van der Waals surface area contributed by atoms with Crippen LogP contribution in [0.5, 0.6) is 5.75 Å². The van der Waals surface area contributed by atoms with Crippen LogP contribution >= 0.6 is 11.6 Å². The summed E-state index contributed by atoms with van der Waals surface area (Å²) >= 11 is 5.93. The quantitative estimate of drug-likeness (QED) is 0.724. The number of methoxy groups -OCH3 is 1. The molecule has 1 aromatic carbocycles. The number of likely N-dealkylation sites (N-methyl/N-ethyl adjacent to an activating group) is 1. The third-order valence-electron chi connectivity index (χ3n) is 2.74. The maximum absolute atomic E-state index is 12.0. The van der Waals surface area contributed by atoms with Gasteiger partial charge in [-0.2, -0.15) is 0 Å². The average molecular weight is 300 g/mol. The van der Waals surface area contributed by atoms with Crippen molar-refractivity contribution in [3.63, 3.8) is 0 Å². The molecule has 110 valence electrons. The van der Waals surface area contributed by atoms with Crippen LogP contribution in [0.1, 0.15) is 13.3 Å². The van der Waals surface area contributed by atoms with E-state index in [1.54, 1.807) is 24.3 Å². The summed E-state index contributed by atoms with van der Waals surface area (Å²) in [6, 6.07) is 6.95. The van der Waals surface area contributed by atoms with E-state index in [0.717, 1.165) is 0 Å². The minimum atomic E-state index is -0.344. The van der Waals surface area contributed by atoms with Crippen molar-refractivity contribution < 1.29 is 19.1 Å². The molecular formula is C14H18ClNO4. The van der Waals surface area contributed by atoms with Gasteiger partial charge in [-0.15, -0.1) is 0 Å². The van der Waals surface area contributed by atoms with Gasteiger partial charge in [-0.3, -0.25) is 9.59 Å². The van der Waals surface area contributed by atoms with Gasteiger partial charge >= 0.3 is 5.97 Å². The minimum absolute atomic E-state index is 0.112. The van der Waals surface area contributed by atoms with E-state index in [2.05, 4.69) is 4.74 Å². The number of esters is 1. The molecule has 0 fully saturated rings. The van der Waals surface area contributed by atoms with Crippen molar-refractivity contribution in [3.05, 3.63) is 29.3 Å². The fourth-order valence-corrected chi connectivity index (χ4v) is 1.77. The SMILES string of the molecule is CCN(CCC(=O)OC)C(=O)COc1ccccc1Cl. The molecule has 0 aliphatic rings. The van der Waals surface area contributed by atoms with E-state index in [9.17, 15) is 9.59 Å². The second-order valence-electron chi connectivity index (χ2n) is 4.02. The van der Waals surface area contributed by atoms with E-state index in [-0.39, 0.29) is 24.9 Å². The van der Waals surface area contributed by atoms with Crippen LogP contribution < -0.4 is 4.74 Å². The summed E-state index contributed by atoms with van der Waals surface area (Å²) in [5.74, 6) is -0.0777. The van der Waals surface area contributed by atoms with Gasteiger partial charge in [0, 0.05) is 13.1 Å². The molecule has 0 radical (unpaired) electrons. The largest absolute Gasteiger partial charge is 0.482 e. The van der Waals surface area contributed by atoms with Gasteiger partial charge in [0.15, 0.2) is 6.61 Å². The van der Waals surface area contributed by atoms with Gasteiger partial charge in [0.1, 0.15) is 5.75 Å². The first-order valence-electron chi connectivity index (χ1n) is 6.30. The van der Waals surface area contributed by atoms with Crippen LogP contribution in [0.4, 0.5) is 0 Å². The molecule has 0 heterocycles. The van der Waals surface area contributed by atoms with Gasteiger partial charge in [0.25, 0.3) is 5.91 Å². The molecular weight excluding hydrogens is 282 g/mol. The van der Waals surface area contributed by atoms with Crippen LogP contribution in [0, 0.1) is 0 Å². The number of amides is 1. The third-order valence-corrected chi connectivity index (χ3v) is 3.05. The summed E-state index contributed by atoms with van der Waals surface area (Å²) in [5.41, 5.74) is 0. The summed E-state index contributed by atoms with van der Waals surface area (Å²) in [7, 11) is 1.32. The highest BCUT2D eigenvalue weighted by Crippen LogP contribution is 2.22. The highest BCUT2D eigenvalue weighted by atomic mass is 35.5. The second kappa shape index (κ2) is 8.43. The monoisotopic (exact) mass is 299 g/mol. The number of carbonyl (C=O) groups is 2. The zero-order chi connectivity index (χ0) is 15.0. The van der Waals surface area contributed by atoms with Gasteiger partial charge in [-0.25, -0.2) is 0 Å². The molecule has 0 aliphatic carbocycles. The van der Waals surface area contributed by atoms with Gasteiger partial charge in [0.05, 0.1) is 18.6 Å². The first-order chi connectivity index (χ1) is 9.58. The number of benzene rings is 1. The number of halogens is 1.